The first-order valence-electron chi connectivity index (χ1n) is 8.49. The molecule has 0 atom stereocenters. The molecule has 0 aromatic heterocycles. The number of rotatable bonds is 6. The molecule has 28 heavy (non-hydrogen) atoms. The van der Waals surface area contributed by atoms with Gasteiger partial charge in [0.2, 0.25) is 5.91 Å². The molecule has 2 aromatic carbocycles. The summed E-state index contributed by atoms with van der Waals surface area (Å²) in [6, 6.07) is 8.02. The minimum atomic E-state index is -4.53. The largest absolute Gasteiger partial charge is 0.481 e. The Balaban J connectivity index is 2.63. The Labute approximate surface area is 165 Å². The van der Waals surface area contributed by atoms with Gasteiger partial charge in [0.25, 0.3) is 0 Å². The summed E-state index contributed by atoms with van der Waals surface area (Å²) in [6.07, 6.45) is -4.84. The molecule has 0 unspecified atom stereocenters. The molecule has 0 saturated carbocycles. The lowest BCUT2D eigenvalue weighted by Gasteiger charge is -2.22. The van der Waals surface area contributed by atoms with Crippen LogP contribution in [0, 0.1) is 0 Å². The second-order valence-corrected chi connectivity index (χ2v) is 6.63. The Hall–Kier alpha value is -2.54. The summed E-state index contributed by atoms with van der Waals surface area (Å²) in [5.74, 6) is -1.34. The predicted molar refractivity (Wildman–Crippen MR) is 100.0 cm³/mol. The average molecular weight is 414 g/mol. The van der Waals surface area contributed by atoms with Crippen LogP contribution in [0.4, 0.5) is 13.2 Å². The maximum absolute atomic E-state index is 13.2. The molecule has 0 heterocycles. The molecule has 0 spiro atoms. The van der Waals surface area contributed by atoms with Gasteiger partial charge in [0, 0.05) is 25.6 Å². The zero-order valence-corrected chi connectivity index (χ0v) is 16.1. The van der Waals surface area contributed by atoms with Crippen LogP contribution in [0.15, 0.2) is 36.4 Å². The lowest BCUT2D eigenvalue weighted by molar-refractivity contribution is -0.138. The number of amides is 1. The van der Waals surface area contributed by atoms with Crippen LogP contribution in [0.5, 0.6) is 0 Å². The van der Waals surface area contributed by atoms with Crippen molar-refractivity contribution < 1.29 is 27.9 Å². The van der Waals surface area contributed by atoms with Crippen molar-refractivity contribution in [1.82, 2.24) is 4.90 Å². The lowest BCUT2D eigenvalue weighted by Crippen LogP contribution is -2.28. The van der Waals surface area contributed by atoms with Gasteiger partial charge in [-0.1, -0.05) is 35.9 Å². The molecule has 0 aliphatic heterocycles. The number of nitrogens with zero attached hydrogens (tertiary/aromatic N) is 1. The minimum absolute atomic E-state index is 0.0232. The number of carbonyl (C=O) groups is 2. The smallest absolute Gasteiger partial charge is 0.416 e. The zero-order valence-electron chi connectivity index (χ0n) is 15.3. The highest BCUT2D eigenvalue weighted by Gasteiger charge is 2.31. The van der Waals surface area contributed by atoms with Gasteiger partial charge in [-0.15, -0.1) is 0 Å². The van der Waals surface area contributed by atoms with Crippen LogP contribution < -0.4 is 0 Å². The van der Waals surface area contributed by atoms with Gasteiger partial charge in [0.1, 0.15) is 0 Å². The topological polar surface area (TPSA) is 57.6 Å². The highest BCUT2D eigenvalue weighted by atomic mass is 35.5. The fourth-order valence-electron chi connectivity index (χ4n) is 2.90. The van der Waals surface area contributed by atoms with Crippen LogP contribution in [0.1, 0.15) is 30.5 Å². The van der Waals surface area contributed by atoms with Gasteiger partial charge < -0.3 is 10.0 Å². The highest BCUT2D eigenvalue weighted by Crippen LogP contribution is 2.37. The first-order valence-corrected chi connectivity index (χ1v) is 8.87. The van der Waals surface area contributed by atoms with E-state index in [9.17, 15) is 22.8 Å². The molecule has 8 heteroatoms. The average Bonchev–Trinajstić information content (AvgIpc) is 2.60. The molecule has 0 fully saturated rings. The van der Waals surface area contributed by atoms with Crippen molar-refractivity contribution in [3.63, 3.8) is 0 Å². The third-order valence-electron chi connectivity index (χ3n) is 4.33. The molecule has 0 bridgehead atoms. The Bertz CT molecular complexity index is 897. The van der Waals surface area contributed by atoms with Crippen LogP contribution in [-0.4, -0.2) is 28.4 Å². The number of carboxylic acids is 1. The monoisotopic (exact) mass is 413 g/mol. The summed E-state index contributed by atoms with van der Waals surface area (Å²) in [5, 5.41) is 9.18. The maximum atomic E-state index is 13.2. The second-order valence-electron chi connectivity index (χ2n) is 6.25. The number of carboxylic acid groups (broad SMARTS) is 1. The van der Waals surface area contributed by atoms with Crippen LogP contribution in [0.2, 0.25) is 5.02 Å². The van der Waals surface area contributed by atoms with Crippen LogP contribution in [0.25, 0.3) is 11.1 Å². The summed E-state index contributed by atoms with van der Waals surface area (Å²) < 4.78 is 39.6. The molecular formula is C20H19ClF3NO3. The summed E-state index contributed by atoms with van der Waals surface area (Å²) >= 11 is 6.36. The number of hydrogen-bond donors (Lipinski definition) is 1. The maximum Gasteiger partial charge on any atom is 0.416 e. The molecule has 150 valence electrons. The third kappa shape index (κ3) is 5.04. The van der Waals surface area contributed by atoms with E-state index < -0.39 is 17.7 Å². The SMILES string of the molecule is CCN(Cc1cc(C(F)(F)F)ccc1-c1cccc(CC(=O)O)c1Cl)C(C)=O. The van der Waals surface area contributed by atoms with E-state index in [0.29, 0.717) is 23.2 Å². The predicted octanol–water partition coefficient (Wildman–Crippen LogP) is 5.02. The zero-order chi connectivity index (χ0) is 21.1. The molecule has 1 N–H and O–H groups in total. The molecule has 2 aromatic rings. The van der Waals surface area contributed by atoms with Crippen molar-refractivity contribution in [1.29, 1.82) is 0 Å². The number of carbonyl (C=O) groups excluding carboxylic acids is 1. The van der Waals surface area contributed by atoms with Gasteiger partial charge in [-0.2, -0.15) is 13.2 Å². The number of benzene rings is 2. The second kappa shape index (κ2) is 8.65. The summed E-state index contributed by atoms with van der Waals surface area (Å²) in [5.41, 5.74) is 0.648. The molecule has 0 radical (unpaired) electrons. The van der Waals surface area contributed by atoms with Gasteiger partial charge >= 0.3 is 12.1 Å². The van der Waals surface area contributed by atoms with Crippen molar-refractivity contribution in [3.05, 3.63) is 58.1 Å². The Morgan fingerprint density at radius 1 is 1.11 bits per heavy atom. The number of alkyl halides is 3. The van der Waals surface area contributed by atoms with Crippen LogP contribution >= 0.6 is 11.6 Å². The first-order chi connectivity index (χ1) is 13.0. The van der Waals surface area contributed by atoms with Gasteiger partial charge in [-0.3, -0.25) is 9.59 Å². The van der Waals surface area contributed by atoms with E-state index in [1.54, 1.807) is 25.1 Å². The quantitative estimate of drug-likeness (QED) is 0.723. The lowest BCUT2D eigenvalue weighted by atomic mass is 9.95. The Morgan fingerprint density at radius 3 is 2.32 bits per heavy atom. The van der Waals surface area contributed by atoms with Crippen molar-refractivity contribution in [2.24, 2.45) is 0 Å². The molecule has 4 nitrogen and oxygen atoms in total. The minimum Gasteiger partial charge on any atom is -0.481 e. The fourth-order valence-corrected chi connectivity index (χ4v) is 3.20. The number of halogens is 4. The fraction of sp³-hybridized carbons (Fsp3) is 0.300. The molecule has 0 aliphatic carbocycles. The first kappa shape index (κ1) is 21.8. The van der Waals surface area contributed by atoms with Crippen molar-refractivity contribution in [3.8, 4) is 11.1 Å². The molecule has 2 rings (SSSR count). The normalized spacial score (nSPS) is 11.4. The highest BCUT2D eigenvalue weighted by molar-refractivity contribution is 6.34. The van der Waals surface area contributed by atoms with E-state index in [2.05, 4.69) is 0 Å². The van der Waals surface area contributed by atoms with E-state index >= 15 is 0 Å². The van der Waals surface area contributed by atoms with E-state index in [1.807, 2.05) is 0 Å². The van der Waals surface area contributed by atoms with Crippen molar-refractivity contribution in [2.75, 3.05) is 6.54 Å². The Morgan fingerprint density at radius 2 is 1.79 bits per heavy atom. The van der Waals surface area contributed by atoms with E-state index in [-0.39, 0.29) is 29.5 Å². The Kier molecular flexibility index (Phi) is 6.72. The van der Waals surface area contributed by atoms with Crippen LogP contribution in [0.3, 0.4) is 0 Å². The molecule has 1 amide bonds. The molecule has 0 saturated heterocycles. The summed E-state index contributed by atoms with van der Waals surface area (Å²) in [7, 11) is 0. The van der Waals surface area contributed by atoms with Gasteiger partial charge in [0.15, 0.2) is 0 Å². The molecular weight excluding hydrogens is 395 g/mol. The number of aliphatic carboxylic acids is 1. The summed E-state index contributed by atoms with van der Waals surface area (Å²) in [6.45, 7) is 3.38. The number of hydrogen-bond acceptors (Lipinski definition) is 2. The van der Waals surface area contributed by atoms with Crippen molar-refractivity contribution in [2.45, 2.75) is 33.0 Å². The summed E-state index contributed by atoms with van der Waals surface area (Å²) in [4.78, 5) is 24.2. The van der Waals surface area contributed by atoms with Gasteiger partial charge in [-0.25, -0.2) is 0 Å². The van der Waals surface area contributed by atoms with E-state index in [0.717, 1.165) is 12.1 Å². The van der Waals surface area contributed by atoms with E-state index in [1.165, 1.54) is 17.9 Å². The van der Waals surface area contributed by atoms with Gasteiger partial charge in [0.05, 0.1) is 17.0 Å². The van der Waals surface area contributed by atoms with E-state index in [4.69, 9.17) is 16.7 Å². The third-order valence-corrected chi connectivity index (χ3v) is 4.78. The van der Waals surface area contributed by atoms with Crippen molar-refractivity contribution >= 4 is 23.5 Å². The molecule has 0 aliphatic rings. The van der Waals surface area contributed by atoms with Crippen LogP contribution in [-0.2, 0) is 28.7 Å². The van der Waals surface area contributed by atoms with Gasteiger partial charge in [-0.05, 0) is 35.7 Å². The standard InChI is InChI=1S/C20H19ClF3NO3/c1-3-25(12(2)26)11-14-9-15(20(22,23)24)7-8-16(14)17-6-4-5-13(19(17)21)10-18(27)28/h4-9H,3,10-11H2,1-2H3,(H,27,28).